The minimum Gasteiger partial charge on any atom is -0.596 e. The van der Waals surface area contributed by atoms with Crippen LogP contribution in [0.25, 0.3) is 0 Å². The number of hydrogen-bond acceptors (Lipinski definition) is 4. The van der Waals surface area contributed by atoms with Gasteiger partial charge in [-0.25, -0.2) is 0 Å². The Hall–Kier alpha value is 0.652. The normalized spacial score (nSPS) is 11.3. The Balaban J connectivity index is -0.000000411. The second-order valence-electron chi connectivity index (χ2n) is 7.06. The molecular weight excluding hydrogens is 418 g/mol. The van der Waals surface area contributed by atoms with Gasteiger partial charge in [-0.3, -0.25) is 0 Å². The first-order valence-electron chi connectivity index (χ1n) is 10.8. The van der Waals surface area contributed by atoms with E-state index >= 15 is 0 Å². The summed E-state index contributed by atoms with van der Waals surface area (Å²) in [7, 11) is -4.26. The van der Waals surface area contributed by atoms with E-state index in [2.05, 4.69) is 13.8 Å². The second kappa shape index (κ2) is 28.9. The van der Waals surface area contributed by atoms with E-state index in [1.807, 2.05) is 0 Å². The van der Waals surface area contributed by atoms with Gasteiger partial charge in [0, 0.05) is 0 Å². The summed E-state index contributed by atoms with van der Waals surface area (Å²) in [4.78, 5) is 20.4. The third-order valence-corrected chi connectivity index (χ3v) is 5.75. The molecule has 0 aromatic heterocycles. The standard InChI is InChI=1S/2C10H21O2P.Cr/c2*1-2-3-4-5-6-7-8-9-10-13(11)12;/h2*2-10H2,1H3;/q;;+2. The first kappa shape index (κ1) is 32.3. The Labute approximate surface area is 181 Å². The summed E-state index contributed by atoms with van der Waals surface area (Å²) in [5.74, 6) is 0. The van der Waals surface area contributed by atoms with E-state index in [1.165, 1.54) is 77.0 Å². The number of unbranched alkanes of at least 4 members (excludes halogenated alkanes) is 14. The quantitative estimate of drug-likeness (QED) is 0.174. The first-order valence-corrected chi connectivity index (χ1v) is 13.5. The maximum absolute atomic E-state index is 10.2. The first-order chi connectivity index (χ1) is 12.5. The van der Waals surface area contributed by atoms with Gasteiger partial charge < -0.3 is 9.79 Å². The average molecular weight is 460 g/mol. The van der Waals surface area contributed by atoms with Crippen molar-refractivity contribution in [1.29, 1.82) is 0 Å². The van der Waals surface area contributed by atoms with Crippen LogP contribution in [0.15, 0.2) is 0 Å². The Morgan fingerprint density at radius 1 is 0.481 bits per heavy atom. The molecule has 0 rings (SSSR count). The van der Waals surface area contributed by atoms with E-state index in [-0.39, 0.29) is 17.4 Å². The Morgan fingerprint density at radius 3 is 0.926 bits per heavy atom. The summed E-state index contributed by atoms with van der Waals surface area (Å²) < 4.78 is 20.4. The SMILES string of the molecule is CCCCCCCCCC[P+](=O)[O-].CCCCCCCCCC[P+](=O)[O-].[Cr+2]. The zero-order chi connectivity index (χ0) is 19.9. The van der Waals surface area contributed by atoms with Crippen LogP contribution >= 0.6 is 16.1 Å². The predicted octanol–water partition coefficient (Wildman–Crippen LogP) is 6.46. The largest absolute Gasteiger partial charge is 2.00 e. The van der Waals surface area contributed by atoms with Crippen LogP contribution in [-0.2, 0) is 26.5 Å². The van der Waals surface area contributed by atoms with Crippen molar-refractivity contribution in [1.82, 2.24) is 0 Å². The zero-order valence-corrected chi connectivity index (χ0v) is 20.7. The van der Waals surface area contributed by atoms with E-state index in [4.69, 9.17) is 0 Å². The van der Waals surface area contributed by atoms with Crippen molar-refractivity contribution in [3.63, 3.8) is 0 Å². The molecule has 0 aromatic carbocycles. The molecule has 0 spiro atoms. The molecule has 0 aliphatic rings. The van der Waals surface area contributed by atoms with Gasteiger partial charge in [0.15, 0.2) is 0 Å². The third-order valence-electron chi connectivity index (χ3n) is 4.39. The fraction of sp³-hybridized carbons (Fsp3) is 1.00. The van der Waals surface area contributed by atoms with Gasteiger partial charge >= 0.3 is 33.4 Å². The van der Waals surface area contributed by atoms with E-state index in [0.717, 1.165) is 25.7 Å². The summed E-state index contributed by atoms with van der Waals surface area (Å²) in [5, 5.41) is 0. The van der Waals surface area contributed by atoms with Gasteiger partial charge in [-0.2, -0.15) is 0 Å². The molecule has 4 nitrogen and oxygen atoms in total. The molecule has 0 radical (unpaired) electrons. The third kappa shape index (κ3) is 38.0. The van der Waals surface area contributed by atoms with Gasteiger partial charge in [0.05, 0.1) is 0 Å². The van der Waals surface area contributed by atoms with Crippen molar-refractivity contribution >= 4 is 16.1 Å². The van der Waals surface area contributed by atoms with Crippen molar-refractivity contribution in [2.75, 3.05) is 12.3 Å². The minimum atomic E-state index is -2.13. The number of hydrogen-bond donors (Lipinski definition) is 0. The van der Waals surface area contributed by atoms with Gasteiger partial charge in [0.1, 0.15) is 12.3 Å². The van der Waals surface area contributed by atoms with Crippen molar-refractivity contribution in [3.05, 3.63) is 0 Å². The van der Waals surface area contributed by atoms with Crippen molar-refractivity contribution in [2.24, 2.45) is 0 Å². The van der Waals surface area contributed by atoms with Crippen LogP contribution in [-0.4, -0.2) is 12.3 Å². The van der Waals surface area contributed by atoms with E-state index in [1.54, 1.807) is 0 Å². The van der Waals surface area contributed by atoms with Gasteiger partial charge in [0.2, 0.25) is 0 Å². The topological polar surface area (TPSA) is 80.3 Å². The molecule has 2 unspecified atom stereocenters. The molecule has 27 heavy (non-hydrogen) atoms. The maximum Gasteiger partial charge on any atom is 2.00 e. The molecule has 0 fully saturated rings. The van der Waals surface area contributed by atoms with Crippen molar-refractivity contribution < 1.29 is 36.3 Å². The minimum absolute atomic E-state index is 0. The van der Waals surface area contributed by atoms with Crippen LogP contribution in [0.5, 0.6) is 0 Å². The summed E-state index contributed by atoms with van der Waals surface area (Å²) in [6.45, 7) is 4.43. The van der Waals surface area contributed by atoms with E-state index in [0.29, 0.717) is 12.3 Å². The molecule has 0 amide bonds. The molecule has 0 saturated heterocycles. The van der Waals surface area contributed by atoms with Crippen LogP contribution in [0.1, 0.15) is 117 Å². The fourth-order valence-corrected chi connectivity index (χ4v) is 3.71. The summed E-state index contributed by atoms with van der Waals surface area (Å²) in [5.41, 5.74) is 0. The Morgan fingerprint density at radius 2 is 0.704 bits per heavy atom. The van der Waals surface area contributed by atoms with Crippen LogP contribution in [0.3, 0.4) is 0 Å². The van der Waals surface area contributed by atoms with Gasteiger partial charge in [-0.1, -0.05) is 100 Å². The summed E-state index contributed by atoms with van der Waals surface area (Å²) in [6.07, 6.45) is 20.1. The van der Waals surface area contributed by atoms with Crippen LogP contribution in [0, 0.1) is 0 Å². The van der Waals surface area contributed by atoms with Crippen molar-refractivity contribution in [2.45, 2.75) is 117 Å². The summed E-state index contributed by atoms with van der Waals surface area (Å²) in [6, 6.07) is 0. The Bertz CT molecular complexity index is 288. The molecule has 0 saturated carbocycles. The van der Waals surface area contributed by atoms with Crippen LogP contribution in [0.4, 0.5) is 0 Å². The van der Waals surface area contributed by atoms with Gasteiger partial charge in [-0.15, -0.1) is 0 Å². The van der Waals surface area contributed by atoms with Gasteiger partial charge in [0.25, 0.3) is 0 Å². The monoisotopic (exact) mass is 460 g/mol. The van der Waals surface area contributed by atoms with Gasteiger partial charge in [-0.05, 0) is 25.7 Å². The molecule has 0 bridgehead atoms. The molecule has 0 N–H and O–H groups in total. The number of rotatable bonds is 18. The molecule has 0 aliphatic heterocycles. The molecule has 0 aromatic rings. The molecule has 2 atom stereocenters. The van der Waals surface area contributed by atoms with Crippen molar-refractivity contribution in [3.8, 4) is 0 Å². The molecule has 160 valence electrons. The van der Waals surface area contributed by atoms with E-state index in [9.17, 15) is 18.9 Å². The Kier molecular flexibility index (Phi) is 34.5. The zero-order valence-electron chi connectivity index (χ0n) is 17.7. The smallest absolute Gasteiger partial charge is 0.596 e. The second-order valence-corrected chi connectivity index (χ2v) is 9.29. The summed E-state index contributed by atoms with van der Waals surface area (Å²) >= 11 is 0. The van der Waals surface area contributed by atoms with Crippen LogP contribution < -0.4 is 9.79 Å². The van der Waals surface area contributed by atoms with Crippen LogP contribution in [0.2, 0.25) is 0 Å². The molecule has 0 aliphatic carbocycles. The molecule has 0 heterocycles. The predicted molar refractivity (Wildman–Crippen MR) is 110 cm³/mol. The average Bonchev–Trinajstić information content (AvgIpc) is 2.60. The molecule has 7 heteroatoms. The maximum atomic E-state index is 10.2. The molecular formula is C20H42CrO4P2+2. The fourth-order valence-electron chi connectivity index (χ4n) is 2.75. The van der Waals surface area contributed by atoms with E-state index < -0.39 is 16.1 Å².